The highest BCUT2D eigenvalue weighted by molar-refractivity contribution is 9.10. The second-order valence-electron chi connectivity index (χ2n) is 9.09. The van der Waals surface area contributed by atoms with E-state index in [9.17, 15) is 4.79 Å². The number of Topliss-reactive ketones (excluding diaryl/α,β-unsaturated/α-hetero) is 1. The van der Waals surface area contributed by atoms with Crippen LogP contribution in [0.1, 0.15) is 92.4 Å². The summed E-state index contributed by atoms with van der Waals surface area (Å²) >= 11 is 7.38. The van der Waals surface area contributed by atoms with Crippen molar-refractivity contribution in [3.05, 3.63) is 24.3 Å². The maximum Gasteiger partial charge on any atom is 0.138 e. The maximum atomic E-state index is 13.1. The normalized spacial score (nSPS) is 12.9. The Morgan fingerprint density at radius 1 is 0.778 bits per heavy atom. The number of hydrogen-bond acceptors (Lipinski definition) is 2. The average molecular weight is 507 g/mol. The lowest BCUT2D eigenvalue weighted by atomic mass is 9.73. The van der Waals surface area contributed by atoms with Gasteiger partial charge in [0, 0.05) is 20.5 Å². The van der Waals surface area contributed by atoms with Crippen molar-refractivity contribution in [2.45, 2.75) is 101 Å². The van der Waals surface area contributed by atoms with Crippen LogP contribution in [0.3, 0.4) is 0 Å². The van der Waals surface area contributed by atoms with Gasteiger partial charge in [0.2, 0.25) is 0 Å². The number of nitrogens with two attached hydrogens (primary N) is 1. The molecule has 27 heavy (non-hydrogen) atoms. The van der Waals surface area contributed by atoms with Crippen LogP contribution < -0.4 is 5.73 Å². The van der Waals surface area contributed by atoms with E-state index >= 15 is 0 Å². The molecule has 4 heteroatoms. The van der Waals surface area contributed by atoms with Gasteiger partial charge in [0.05, 0.1) is 0 Å². The van der Waals surface area contributed by atoms with E-state index in [0.717, 1.165) is 69.1 Å². The van der Waals surface area contributed by atoms with Gasteiger partial charge in [-0.15, -0.1) is 0 Å². The van der Waals surface area contributed by atoms with Crippen LogP contribution in [0.2, 0.25) is 0 Å². The van der Waals surface area contributed by atoms with Crippen LogP contribution in [-0.4, -0.2) is 21.0 Å². The Bertz CT molecular complexity index is 467. The van der Waals surface area contributed by atoms with Crippen LogP contribution in [0.4, 0.5) is 0 Å². The van der Waals surface area contributed by atoms with E-state index in [2.05, 4.69) is 79.6 Å². The Hall–Kier alpha value is 0.0700. The minimum absolute atomic E-state index is 0.0966. The summed E-state index contributed by atoms with van der Waals surface area (Å²) in [4.78, 5) is 13.1. The maximum absolute atomic E-state index is 13.1. The summed E-state index contributed by atoms with van der Waals surface area (Å²) in [6.07, 6.45) is 8.28. The number of ketones is 1. The van der Waals surface area contributed by atoms with Gasteiger partial charge in [-0.2, -0.15) is 0 Å². The molecular weight excluding hydrogens is 466 g/mol. The number of halogens is 2. The Morgan fingerprint density at radius 2 is 1.19 bits per heavy atom. The number of hydrogen-bond donors (Lipinski definition) is 1. The molecule has 0 aromatic rings. The van der Waals surface area contributed by atoms with E-state index in [1.54, 1.807) is 0 Å². The molecule has 0 fully saturated rings. The van der Waals surface area contributed by atoms with Crippen molar-refractivity contribution in [2.75, 3.05) is 6.54 Å². The monoisotopic (exact) mass is 505 g/mol. The lowest BCUT2D eigenvalue weighted by molar-refractivity contribution is -0.128. The third kappa shape index (κ3) is 11.0. The molecule has 2 nitrogen and oxygen atoms in total. The van der Waals surface area contributed by atoms with E-state index in [1.807, 2.05) is 0 Å². The first-order valence-electron chi connectivity index (χ1n) is 10.2. The average Bonchev–Trinajstić information content (AvgIpc) is 2.55. The molecule has 2 N–H and O–H groups in total. The summed E-state index contributed by atoms with van der Waals surface area (Å²) in [6.45, 7) is 19.8. The van der Waals surface area contributed by atoms with E-state index in [-0.39, 0.29) is 14.1 Å². The van der Waals surface area contributed by atoms with Crippen molar-refractivity contribution in [2.24, 2.45) is 11.1 Å². The topological polar surface area (TPSA) is 43.1 Å². The van der Waals surface area contributed by atoms with Gasteiger partial charge in [-0.3, -0.25) is 4.79 Å². The molecule has 158 valence electrons. The summed E-state index contributed by atoms with van der Waals surface area (Å²) in [5, 5.41) is 0. The Morgan fingerprint density at radius 3 is 1.56 bits per heavy atom. The Balaban J connectivity index is 4.98. The van der Waals surface area contributed by atoms with Crippen molar-refractivity contribution < 1.29 is 4.79 Å². The van der Waals surface area contributed by atoms with Crippen LogP contribution in [0, 0.1) is 5.41 Å². The fourth-order valence-electron chi connectivity index (χ4n) is 2.94. The molecule has 0 rings (SSSR count). The number of unbranched alkanes of at least 4 members (excludes halogenated alkanes) is 3. The van der Waals surface area contributed by atoms with Crippen molar-refractivity contribution in [3.63, 3.8) is 0 Å². The van der Waals surface area contributed by atoms with E-state index in [4.69, 9.17) is 5.73 Å². The Kier molecular flexibility index (Phi) is 12.0. The van der Waals surface area contributed by atoms with Crippen LogP contribution in [0.15, 0.2) is 24.3 Å². The van der Waals surface area contributed by atoms with Gasteiger partial charge in [0.25, 0.3) is 0 Å². The lowest BCUT2D eigenvalue weighted by Crippen LogP contribution is -2.30. The number of carbonyl (C=O) groups excluding carboxylic acids is 1. The molecular formula is C23H41Br2NO. The molecule has 0 heterocycles. The molecule has 0 radical (unpaired) electrons. The van der Waals surface area contributed by atoms with Gasteiger partial charge < -0.3 is 5.73 Å². The molecule has 0 atom stereocenters. The zero-order valence-corrected chi connectivity index (χ0v) is 21.4. The zero-order chi connectivity index (χ0) is 21.3. The highest BCUT2D eigenvalue weighted by Crippen LogP contribution is 2.39. The third-order valence-electron chi connectivity index (χ3n) is 5.67. The Labute approximate surface area is 185 Å². The van der Waals surface area contributed by atoms with Crippen molar-refractivity contribution in [1.82, 2.24) is 0 Å². The van der Waals surface area contributed by atoms with Gasteiger partial charge in [-0.05, 0) is 72.8 Å². The van der Waals surface area contributed by atoms with E-state index < -0.39 is 0 Å². The third-order valence-corrected chi connectivity index (χ3v) is 6.79. The molecule has 0 amide bonds. The lowest BCUT2D eigenvalue weighted by Gasteiger charge is -2.32. The molecule has 0 aromatic heterocycles. The summed E-state index contributed by atoms with van der Waals surface area (Å²) in [7, 11) is 0. The molecule has 0 spiro atoms. The highest BCUT2D eigenvalue weighted by atomic mass is 79.9. The quantitative estimate of drug-likeness (QED) is 0.142. The fourth-order valence-corrected chi connectivity index (χ4v) is 3.33. The molecule has 0 aliphatic heterocycles. The van der Waals surface area contributed by atoms with Gasteiger partial charge >= 0.3 is 0 Å². The summed E-state index contributed by atoms with van der Waals surface area (Å²) in [5.74, 6) is 0.385. The largest absolute Gasteiger partial charge is 0.330 e. The predicted molar refractivity (Wildman–Crippen MR) is 128 cm³/mol. The molecule has 0 aliphatic rings. The summed E-state index contributed by atoms with van der Waals surface area (Å²) < 4.78 is -0.193. The first-order chi connectivity index (χ1) is 12.2. The van der Waals surface area contributed by atoms with Gasteiger partial charge in [-0.1, -0.05) is 75.9 Å². The van der Waals surface area contributed by atoms with Gasteiger partial charge in [0.1, 0.15) is 5.78 Å². The van der Waals surface area contributed by atoms with Crippen LogP contribution >= 0.6 is 31.9 Å². The molecule has 0 aliphatic carbocycles. The van der Waals surface area contributed by atoms with E-state index in [0.29, 0.717) is 12.2 Å². The van der Waals surface area contributed by atoms with Gasteiger partial charge in [-0.25, -0.2) is 0 Å². The fraction of sp³-hybridized carbons (Fsp3) is 0.783. The van der Waals surface area contributed by atoms with Crippen LogP contribution in [0.25, 0.3) is 0 Å². The molecule has 0 saturated heterocycles. The second kappa shape index (κ2) is 11.9. The highest BCUT2D eigenvalue weighted by Gasteiger charge is 2.34. The standard InChI is InChI=1S/C23H41Br2NO/c1-18(21(3,4)24)13-15-23(7,16-14-19(2)22(5,6)25)20(27)12-10-8-9-11-17-26/h1-2,8-17,26H2,3-7H3. The van der Waals surface area contributed by atoms with Crippen molar-refractivity contribution in [3.8, 4) is 0 Å². The molecule has 0 bridgehead atoms. The van der Waals surface area contributed by atoms with Crippen LogP contribution in [-0.2, 0) is 4.79 Å². The number of carbonyl (C=O) groups is 1. The minimum Gasteiger partial charge on any atom is -0.330 e. The van der Waals surface area contributed by atoms with E-state index in [1.165, 1.54) is 0 Å². The summed E-state index contributed by atoms with van der Waals surface area (Å²) in [5.41, 5.74) is 7.52. The first-order valence-corrected chi connectivity index (χ1v) is 11.8. The molecule has 0 saturated carbocycles. The number of allylic oxidation sites excluding steroid dienone is 2. The van der Waals surface area contributed by atoms with Crippen molar-refractivity contribution in [1.29, 1.82) is 0 Å². The van der Waals surface area contributed by atoms with Crippen molar-refractivity contribution >= 4 is 37.6 Å². The smallest absolute Gasteiger partial charge is 0.138 e. The minimum atomic E-state index is -0.323. The summed E-state index contributed by atoms with van der Waals surface area (Å²) in [6, 6.07) is 0. The predicted octanol–water partition coefficient (Wildman–Crippen LogP) is 7.49. The first kappa shape index (κ1) is 27.1. The van der Waals surface area contributed by atoms with Crippen LogP contribution in [0.5, 0.6) is 0 Å². The number of rotatable bonds is 15. The number of alkyl halides is 2. The zero-order valence-electron chi connectivity index (χ0n) is 18.2. The SMILES string of the molecule is C=C(CCC(C)(CCC(=C)C(C)(C)Br)C(=O)CCCCCCN)C(C)(C)Br. The molecule has 0 unspecified atom stereocenters. The molecule has 0 aromatic carbocycles. The second-order valence-corrected chi connectivity index (χ2v) is 13.1. The van der Waals surface area contributed by atoms with Gasteiger partial charge in [0.15, 0.2) is 0 Å².